The Labute approximate surface area is 71.9 Å². The summed E-state index contributed by atoms with van der Waals surface area (Å²) in [6, 6.07) is 0. The van der Waals surface area contributed by atoms with Crippen LogP contribution in [0, 0.1) is 0 Å². The molecule has 2 rings (SSSR count). The molecule has 0 aromatic rings. The van der Waals surface area contributed by atoms with Gasteiger partial charge in [0.25, 0.3) is 0 Å². The molecule has 2 fully saturated rings. The number of hydrogen-bond acceptors (Lipinski definition) is 4. The first-order chi connectivity index (χ1) is 5.74. The fraction of sp³-hybridized carbons (Fsp3) is 1.00. The van der Waals surface area contributed by atoms with Gasteiger partial charge in [-0.05, 0) is 0 Å². The number of morpholine rings is 1. The molecule has 2 aliphatic heterocycles. The van der Waals surface area contributed by atoms with Gasteiger partial charge >= 0.3 is 0 Å². The number of hydrogen-bond donors (Lipinski definition) is 2. The van der Waals surface area contributed by atoms with Crippen molar-refractivity contribution in [1.82, 2.24) is 5.32 Å². The van der Waals surface area contributed by atoms with Crippen LogP contribution in [0.3, 0.4) is 0 Å². The van der Waals surface area contributed by atoms with E-state index in [9.17, 15) is 0 Å². The summed E-state index contributed by atoms with van der Waals surface area (Å²) in [6.45, 7) is 2.16. The monoisotopic (exact) mass is 173 g/mol. The summed E-state index contributed by atoms with van der Waals surface area (Å²) in [4.78, 5) is 0. The fourth-order valence-electron chi connectivity index (χ4n) is 2.16. The molecule has 0 spiro atoms. The SMILES string of the molecule is COCC12COC(CO)(CN1)C2. The van der Waals surface area contributed by atoms with Gasteiger partial charge in [0.1, 0.15) is 5.60 Å². The zero-order valence-corrected chi connectivity index (χ0v) is 7.30. The maximum atomic E-state index is 9.12. The highest BCUT2D eigenvalue weighted by Crippen LogP contribution is 2.38. The molecule has 2 atom stereocenters. The minimum Gasteiger partial charge on any atom is -0.393 e. The molecule has 2 saturated heterocycles. The summed E-state index contributed by atoms with van der Waals surface area (Å²) in [7, 11) is 1.69. The molecule has 4 nitrogen and oxygen atoms in total. The minimum absolute atomic E-state index is 0.0303. The second-order valence-corrected chi connectivity index (χ2v) is 3.87. The van der Waals surface area contributed by atoms with Gasteiger partial charge in [0, 0.05) is 20.1 Å². The smallest absolute Gasteiger partial charge is 0.106 e. The van der Waals surface area contributed by atoms with Crippen LogP contribution in [0.15, 0.2) is 0 Å². The van der Waals surface area contributed by atoms with Gasteiger partial charge in [0.05, 0.1) is 25.4 Å². The molecule has 2 aliphatic rings. The van der Waals surface area contributed by atoms with E-state index in [1.54, 1.807) is 7.11 Å². The fourth-order valence-corrected chi connectivity index (χ4v) is 2.16. The molecule has 0 amide bonds. The summed E-state index contributed by atoms with van der Waals surface area (Å²) in [5, 5.41) is 12.5. The Morgan fingerprint density at radius 2 is 2.50 bits per heavy atom. The van der Waals surface area contributed by atoms with Crippen molar-refractivity contribution in [2.24, 2.45) is 0 Å². The number of aliphatic hydroxyl groups excluding tert-OH is 1. The lowest BCUT2D eigenvalue weighted by atomic mass is 9.96. The molecule has 0 saturated carbocycles. The van der Waals surface area contributed by atoms with E-state index in [0.29, 0.717) is 13.2 Å². The number of ether oxygens (including phenoxy) is 2. The first-order valence-corrected chi connectivity index (χ1v) is 4.23. The molecule has 0 radical (unpaired) electrons. The Morgan fingerprint density at radius 3 is 2.92 bits per heavy atom. The van der Waals surface area contributed by atoms with E-state index >= 15 is 0 Å². The highest BCUT2D eigenvalue weighted by Gasteiger charge is 2.55. The third-order valence-electron chi connectivity index (χ3n) is 2.81. The summed E-state index contributed by atoms with van der Waals surface area (Å²) in [5.41, 5.74) is -0.351. The minimum atomic E-state index is -0.321. The van der Waals surface area contributed by atoms with E-state index in [2.05, 4.69) is 5.32 Å². The molecule has 2 heterocycles. The van der Waals surface area contributed by atoms with Crippen LogP contribution in [0.1, 0.15) is 6.42 Å². The normalized spacial score (nSPS) is 45.5. The van der Waals surface area contributed by atoms with Crippen LogP contribution >= 0.6 is 0 Å². The van der Waals surface area contributed by atoms with Gasteiger partial charge in [-0.1, -0.05) is 0 Å². The number of nitrogens with one attached hydrogen (secondary N) is 1. The molecule has 12 heavy (non-hydrogen) atoms. The van der Waals surface area contributed by atoms with Crippen molar-refractivity contribution in [3.8, 4) is 0 Å². The molecule has 70 valence electrons. The summed E-state index contributed by atoms with van der Waals surface area (Å²) < 4.78 is 10.7. The molecule has 0 aliphatic carbocycles. The Hall–Kier alpha value is -0.160. The van der Waals surface area contributed by atoms with E-state index in [1.807, 2.05) is 0 Å². The van der Waals surface area contributed by atoms with Crippen LogP contribution in [0.25, 0.3) is 0 Å². The molecule has 2 N–H and O–H groups in total. The second-order valence-electron chi connectivity index (χ2n) is 3.87. The lowest BCUT2D eigenvalue weighted by Crippen LogP contribution is -2.50. The van der Waals surface area contributed by atoms with Crippen LogP contribution < -0.4 is 5.32 Å². The van der Waals surface area contributed by atoms with E-state index in [0.717, 1.165) is 13.0 Å². The summed E-state index contributed by atoms with van der Waals surface area (Å²) >= 11 is 0. The van der Waals surface area contributed by atoms with E-state index in [-0.39, 0.29) is 17.7 Å². The van der Waals surface area contributed by atoms with Gasteiger partial charge in [0.2, 0.25) is 0 Å². The topological polar surface area (TPSA) is 50.7 Å². The Bertz CT molecular complexity index is 175. The van der Waals surface area contributed by atoms with Crippen LogP contribution in [-0.4, -0.2) is 49.7 Å². The lowest BCUT2D eigenvalue weighted by molar-refractivity contribution is -0.0534. The zero-order valence-electron chi connectivity index (χ0n) is 7.30. The third kappa shape index (κ3) is 1.07. The van der Waals surface area contributed by atoms with Crippen molar-refractivity contribution in [3.63, 3.8) is 0 Å². The van der Waals surface area contributed by atoms with Gasteiger partial charge in [-0.3, -0.25) is 0 Å². The van der Waals surface area contributed by atoms with Crippen LogP contribution in [0.4, 0.5) is 0 Å². The van der Waals surface area contributed by atoms with Crippen molar-refractivity contribution < 1.29 is 14.6 Å². The summed E-state index contributed by atoms with van der Waals surface area (Å²) in [6.07, 6.45) is 0.865. The van der Waals surface area contributed by atoms with E-state index in [4.69, 9.17) is 14.6 Å². The largest absolute Gasteiger partial charge is 0.393 e. The first-order valence-electron chi connectivity index (χ1n) is 4.23. The lowest BCUT2D eigenvalue weighted by Gasteiger charge is -2.28. The van der Waals surface area contributed by atoms with Crippen LogP contribution in [-0.2, 0) is 9.47 Å². The second kappa shape index (κ2) is 2.67. The first kappa shape index (κ1) is 8.44. The van der Waals surface area contributed by atoms with Crippen molar-refractivity contribution >= 4 is 0 Å². The predicted molar refractivity (Wildman–Crippen MR) is 43.0 cm³/mol. The standard InChI is InChI=1S/C8H15NO3/c1-11-5-7-2-8(4-10,3-9-7)12-6-7/h9-10H,2-6H2,1H3. The maximum absolute atomic E-state index is 9.12. The van der Waals surface area contributed by atoms with Gasteiger partial charge in [0.15, 0.2) is 0 Å². The molecule has 4 heteroatoms. The van der Waals surface area contributed by atoms with Crippen molar-refractivity contribution in [3.05, 3.63) is 0 Å². The van der Waals surface area contributed by atoms with Crippen LogP contribution in [0.2, 0.25) is 0 Å². The van der Waals surface area contributed by atoms with Crippen molar-refractivity contribution in [1.29, 1.82) is 0 Å². The molecule has 2 unspecified atom stereocenters. The maximum Gasteiger partial charge on any atom is 0.106 e. The molecule has 0 aromatic carbocycles. The Morgan fingerprint density at radius 1 is 1.67 bits per heavy atom. The quantitative estimate of drug-likeness (QED) is 0.582. The van der Waals surface area contributed by atoms with Gasteiger partial charge < -0.3 is 19.9 Å². The molecular weight excluding hydrogens is 158 g/mol. The Kier molecular flexibility index (Phi) is 1.88. The Balaban J connectivity index is 2.07. The number of methoxy groups -OCH3 is 1. The predicted octanol–water partition coefficient (Wildman–Crippen LogP) is -0.874. The molecule has 0 aromatic heterocycles. The van der Waals surface area contributed by atoms with Gasteiger partial charge in [-0.15, -0.1) is 0 Å². The van der Waals surface area contributed by atoms with Gasteiger partial charge in [-0.2, -0.15) is 0 Å². The van der Waals surface area contributed by atoms with E-state index < -0.39 is 0 Å². The third-order valence-corrected chi connectivity index (χ3v) is 2.81. The number of rotatable bonds is 3. The highest BCUT2D eigenvalue weighted by atomic mass is 16.5. The van der Waals surface area contributed by atoms with Crippen molar-refractivity contribution in [2.45, 2.75) is 17.6 Å². The number of aliphatic hydroxyl groups is 1. The highest BCUT2D eigenvalue weighted by molar-refractivity contribution is 5.10. The zero-order chi connectivity index (χ0) is 8.66. The van der Waals surface area contributed by atoms with E-state index in [1.165, 1.54) is 0 Å². The average molecular weight is 173 g/mol. The van der Waals surface area contributed by atoms with Gasteiger partial charge in [-0.25, -0.2) is 0 Å². The molecular formula is C8H15NO3. The van der Waals surface area contributed by atoms with Crippen LogP contribution in [0.5, 0.6) is 0 Å². The summed E-state index contributed by atoms with van der Waals surface area (Å²) in [5.74, 6) is 0. The molecule has 2 bridgehead atoms. The average Bonchev–Trinajstić information content (AvgIpc) is 2.61. The number of fused-ring (bicyclic) bond motifs is 2. The van der Waals surface area contributed by atoms with Crippen molar-refractivity contribution in [2.75, 3.05) is 33.5 Å².